The summed E-state index contributed by atoms with van der Waals surface area (Å²) in [7, 11) is 0. The van der Waals surface area contributed by atoms with E-state index in [9.17, 15) is 5.11 Å². The minimum absolute atomic E-state index is 0.254. The van der Waals surface area contributed by atoms with Crippen LogP contribution in [0, 0.1) is 0 Å². The highest BCUT2D eigenvalue weighted by molar-refractivity contribution is 4.93. The predicted octanol–water partition coefficient (Wildman–Crippen LogP) is 1.70. The van der Waals surface area contributed by atoms with Crippen LogP contribution in [0.3, 0.4) is 0 Å². The third-order valence-electron chi connectivity index (χ3n) is 2.44. The average Bonchev–Trinajstić information content (AvgIpc) is 1.85. The predicted molar refractivity (Wildman–Crippen MR) is 53.2 cm³/mol. The van der Waals surface area contributed by atoms with Crippen LogP contribution >= 0.6 is 0 Å². The molecule has 72 valence electrons. The van der Waals surface area contributed by atoms with Crippen molar-refractivity contribution >= 4 is 0 Å². The van der Waals surface area contributed by atoms with Crippen LogP contribution in [0.5, 0.6) is 0 Å². The first-order chi connectivity index (χ1) is 5.31. The van der Waals surface area contributed by atoms with Crippen LogP contribution in [0.2, 0.25) is 0 Å². The Bertz CT molecular complexity index is 144. The zero-order valence-corrected chi connectivity index (χ0v) is 8.65. The van der Waals surface area contributed by atoms with Gasteiger partial charge < -0.3 is 10.4 Å². The third kappa shape index (κ3) is 3.37. The van der Waals surface area contributed by atoms with Crippen molar-refractivity contribution in [2.45, 2.75) is 45.3 Å². The summed E-state index contributed by atoms with van der Waals surface area (Å²) in [5.74, 6) is 0. The monoisotopic (exact) mass is 171 g/mol. The van der Waals surface area contributed by atoms with Crippen LogP contribution in [0.25, 0.3) is 0 Å². The topological polar surface area (TPSA) is 32.3 Å². The van der Waals surface area contributed by atoms with Crippen molar-refractivity contribution in [3.63, 3.8) is 0 Å². The van der Waals surface area contributed by atoms with Crippen molar-refractivity contribution in [2.24, 2.45) is 0 Å². The number of rotatable bonds is 5. The Kier molecular flexibility index (Phi) is 3.94. The summed E-state index contributed by atoms with van der Waals surface area (Å²) in [5.41, 5.74) is -0.954. The van der Waals surface area contributed by atoms with Crippen LogP contribution < -0.4 is 5.32 Å². The van der Waals surface area contributed by atoms with Crippen molar-refractivity contribution in [1.29, 1.82) is 0 Å². The summed E-state index contributed by atoms with van der Waals surface area (Å²) in [6.45, 7) is 12.1. The van der Waals surface area contributed by atoms with Gasteiger partial charge in [-0.3, -0.25) is 0 Å². The van der Waals surface area contributed by atoms with Gasteiger partial charge in [-0.1, -0.05) is 6.08 Å². The normalized spacial score (nSPS) is 13.1. The van der Waals surface area contributed by atoms with Crippen LogP contribution in [0.15, 0.2) is 12.7 Å². The van der Waals surface area contributed by atoms with Crippen LogP contribution in [0.1, 0.15) is 34.1 Å². The van der Waals surface area contributed by atoms with Crippen LogP contribution in [-0.2, 0) is 0 Å². The van der Waals surface area contributed by atoms with E-state index < -0.39 is 5.60 Å². The lowest BCUT2D eigenvalue weighted by Crippen LogP contribution is -2.55. The summed E-state index contributed by atoms with van der Waals surface area (Å²) in [6.07, 6.45) is 2.80. The van der Waals surface area contributed by atoms with Gasteiger partial charge in [-0.15, -0.1) is 6.58 Å². The lowest BCUT2D eigenvalue weighted by Gasteiger charge is -2.38. The number of hydrogen-bond acceptors (Lipinski definition) is 2. The quantitative estimate of drug-likeness (QED) is 0.487. The van der Waals surface area contributed by atoms with Gasteiger partial charge in [0.25, 0.3) is 0 Å². The van der Waals surface area contributed by atoms with Gasteiger partial charge in [0.15, 0.2) is 0 Å². The van der Waals surface area contributed by atoms with E-state index in [1.807, 2.05) is 33.8 Å². The van der Waals surface area contributed by atoms with Gasteiger partial charge >= 0.3 is 0 Å². The summed E-state index contributed by atoms with van der Waals surface area (Å²) in [5, 5.41) is 13.0. The smallest absolute Gasteiger partial charge is 0.0767 e. The van der Waals surface area contributed by atoms with Crippen molar-refractivity contribution in [3.05, 3.63) is 12.7 Å². The molecule has 0 aliphatic rings. The molecule has 0 aliphatic heterocycles. The Hall–Kier alpha value is -0.340. The largest absolute Gasteiger partial charge is 0.389 e. The molecule has 0 heterocycles. The Morgan fingerprint density at radius 1 is 1.33 bits per heavy atom. The van der Waals surface area contributed by atoms with Crippen molar-refractivity contribution in [1.82, 2.24) is 5.32 Å². The lowest BCUT2D eigenvalue weighted by atomic mass is 9.86. The molecule has 2 nitrogen and oxygen atoms in total. The number of nitrogens with one attached hydrogen (secondary N) is 1. The zero-order valence-electron chi connectivity index (χ0n) is 8.65. The Balaban J connectivity index is 3.95. The molecule has 0 amide bonds. The summed E-state index contributed by atoms with van der Waals surface area (Å²) in [4.78, 5) is 0. The molecular weight excluding hydrogens is 150 g/mol. The second-order valence-corrected chi connectivity index (χ2v) is 4.19. The van der Waals surface area contributed by atoms with E-state index in [0.717, 1.165) is 13.0 Å². The highest BCUT2D eigenvalue weighted by Crippen LogP contribution is 2.20. The van der Waals surface area contributed by atoms with Gasteiger partial charge in [-0.2, -0.15) is 0 Å². The Morgan fingerprint density at radius 3 is 2.17 bits per heavy atom. The first kappa shape index (κ1) is 11.7. The molecule has 0 fully saturated rings. The molecule has 0 saturated carbocycles. The molecule has 0 bridgehead atoms. The molecule has 0 aliphatic carbocycles. The molecular formula is C10H21NO. The van der Waals surface area contributed by atoms with Crippen LogP contribution in [0.4, 0.5) is 0 Å². The first-order valence-electron chi connectivity index (χ1n) is 4.39. The van der Waals surface area contributed by atoms with Crippen molar-refractivity contribution < 1.29 is 5.11 Å². The number of hydrogen-bond donors (Lipinski definition) is 2. The van der Waals surface area contributed by atoms with Gasteiger partial charge in [-0.25, -0.2) is 0 Å². The maximum Gasteiger partial charge on any atom is 0.0767 e. The molecule has 12 heavy (non-hydrogen) atoms. The molecule has 0 rings (SSSR count). The fraction of sp³-hybridized carbons (Fsp3) is 0.800. The Morgan fingerprint density at radius 2 is 1.83 bits per heavy atom. The minimum Gasteiger partial charge on any atom is -0.389 e. The minimum atomic E-state index is -0.700. The van der Waals surface area contributed by atoms with Crippen molar-refractivity contribution in [2.75, 3.05) is 6.54 Å². The van der Waals surface area contributed by atoms with E-state index in [1.165, 1.54) is 0 Å². The van der Waals surface area contributed by atoms with E-state index in [4.69, 9.17) is 0 Å². The second kappa shape index (κ2) is 4.06. The van der Waals surface area contributed by atoms with Gasteiger partial charge in [0, 0.05) is 5.54 Å². The SMILES string of the molecule is C=CCCNC(C)(C)C(C)(C)O. The summed E-state index contributed by atoms with van der Waals surface area (Å²) in [6, 6.07) is 0. The highest BCUT2D eigenvalue weighted by atomic mass is 16.3. The molecule has 0 spiro atoms. The van der Waals surface area contributed by atoms with E-state index in [-0.39, 0.29) is 5.54 Å². The lowest BCUT2D eigenvalue weighted by molar-refractivity contribution is -0.00400. The molecule has 0 unspecified atom stereocenters. The molecule has 0 aromatic heterocycles. The third-order valence-corrected chi connectivity index (χ3v) is 2.44. The van der Waals surface area contributed by atoms with E-state index in [0.29, 0.717) is 0 Å². The van der Waals surface area contributed by atoms with E-state index in [1.54, 1.807) is 0 Å². The maximum atomic E-state index is 9.76. The van der Waals surface area contributed by atoms with Gasteiger partial charge in [0.2, 0.25) is 0 Å². The molecule has 0 atom stereocenters. The fourth-order valence-corrected chi connectivity index (χ4v) is 0.703. The van der Waals surface area contributed by atoms with E-state index in [2.05, 4.69) is 11.9 Å². The Labute approximate surface area is 75.7 Å². The molecule has 2 heteroatoms. The number of aliphatic hydroxyl groups is 1. The maximum absolute atomic E-state index is 9.76. The van der Waals surface area contributed by atoms with Gasteiger partial charge in [0.1, 0.15) is 0 Å². The summed E-state index contributed by atoms with van der Waals surface area (Å²) >= 11 is 0. The molecule has 0 aromatic rings. The molecule has 0 radical (unpaired) electrons. The van der Waals surface area contributed by atoms with Gasteiger partial charge in [0.05, 0.1) is 5.60 Å². The average molecular weight is 171 g/mol. The second-order valence-electron chi connectivity index (χ2n) is 4.19. The van der Waals surface area contributed by atoms with E-state index >= 15 is 0 Å². The molecule has 0 saturated heterocycles. The van der Waals surface area contributed by atoms with Gasteiger partial charge in [-0.05, 0) is 40.7 Å². The van der Waals surface area contributed by atoms with Crippen LogP contribution in [-0.4, -0.2) is 22.8 Å². The van der Waals surface area contributed by atoms with Crippen molar-refractivity contribution in [3.8, 4) is 0 Å². The summed E-state index contributed by atoms with van der Waals surface area (Å²) < 4.78 is 0. The highest BCUT2D eigenvalue weighted by Gasteiger charge is 2.33. The fourth-order valence-electron chi connectivity index (χ4n) is 0.703. The molecule has 2 N–H and O–H groups in total. The zero-order chi connectivity index (χ0) is 9.83. The molecule has 0 aromatic carbocycles. The standard InChI is InChI=1S/C10H21NO/c1-6-7-8-11-9(2,3)10(4,5)12/h6,11-12H,1,7-8H2,2-5H3. The first-order valence-corrected chi connectivity index (χ1v) is 4.39.